The number of rotatable bonds is 4. The minimum absolute atomic E-state index is 0.000367. The summed E-state index contributed by atoms with van der Waals surface area (Å²) in [6.07, 6.45) is 0.912. The summed E-state index contributed by atoms with van der Waals surface area (Å²) in [7, 11) is 0. The molecule has 2 nitrogen and oxygen atoms in total. The molecule has 0 saturated carbocycles. The van der Waals surface area contributed by atoms with Gasteiger partial charge in [0.25, 0.3) is 0 Å². The Labute approximate surface area is 124 Å². The maximum atomic E-state index is 14.3. The fourth-order valence-electron chi connectivity index (χ4n) is 2.31. The average molecular weight is 285 g/mol. The average Bonchev–Trinajstić information content (AvgIpc) is 2.46. The Hall–Kier alpha value is -2.16. The third kappa shape index (κ3) is 3.13. The number of Topliss-reactive ketones (excluding diaryl/α,β-unsaturated/α-hetero) is 1. The Morgan fingerprint density at radius 1 is 1.19 bits per heavy atom. The van der Waals surface area contributed by atoms with Gasteiger partial charge in [-0.2, -0.15) is 0 Å². The first-order valence-electron chi connectivity index (χ1n) is 7.16. The first-order valence-corrected chi connectivity index (χ1v) is 7.16. The Bertz CT molecular complexity index is 654. The van der Waals surface area contributed by atoms with E-state index in [1.54, 1.807) is 19.9 Å². The van der Waals surface area contributed by atoms with Crippen LogP contribution in [-0.4, -0.2) is 5.78 Å². The summed E-state index contributed by atoms with van der Waals surface area (Å²) in [5, 5.41) is 0. The van der Waals surface area contributed by atoms with E-state index in [4.69, 9.17) is 5.73 Å². The summed E-state index contributed by atoms with van der Waals surface area (Å²) in [6.45, 7) is 5.54. The van der Waals surface area contributed by atoms with Crippen LogP contribution in [0.4, 0.5) is 10.1 Å². The van der Waals surface area contributed by atoms with Crippen LogP contribution in [-0.2, 0) is 6.42 Å². The van der Waals surface area contributed by atoms with Crippen molar-refractivity contribution < 1.29 is 9.18 Å². The van der Waals surface area contributed by atoms with Crippen LogP contribution in [0.2, 0.25) is 0 Å². The molecule has 0 unspecified atom stereocenters. The largest absolute Gasteiger partial charge is 0.398 e. The lowest BCUT2D eigenvalue weighted by atomic mass is 9.95. The van der Waals surface area contributed by atoms with E-state index in [1.807, 2.05) is 24.3 Å². The number of carbonyl (C=O) groups is 1. The molecule has 0 amide bonds. The molecule has 110 valence electrons. The Balaban J connectivity index is 2.51. The van der Waals surface area contributed by atoms with Gasteiger partial charge in [-0.3, -0.25) is 4.79 Å². The number of benzene rings is 2. The molecule has 2 N–H and O–H groups in total. The number of hydrogen-bond donors (Lipinski definition) is 1. The summed E-state index contributed by atoms with van der Waals surface area (Å²) >= 11 is 0. The number of anilines is 1. The topological polar surface area (TPSA) is 43.1 Å². The number of halogens is 1. The SMILES string of the molecule is CCc1cccc(-c2cc(N)c(C(=O)C(C)C)c(F)c2)c1. The van der Waals surface area contributed by atoms with Crippen LogP contribution in [0.15, 0.2) is 36.4 Å². The monoisotopic (exact) mass is 285 g/mol. The van der Waals surface area contributed by atoms with E-state index < -0.39 is 5.82 Å². The molecule has 0 aliphatic rings. The van der Waals surface area contributed by atoms with Crippen LogP contribution in [0.3, 0.4) is 0 Å². The fraction of sp³-hybridized carbons (Fsp3) is 0.278. The van der Waals surface area contributed by atoms with Crippen molar-refractivity contribution in [2.45, 2.75) is 27.2 Å². The second-order valence-corrected chi connectivity index (χ2v) is 5.50. The van der Waals surface area contributed by atoms with E-state index in [0.717, 1.165) is 12.0 Å². The molecule has 2 aromatic carbocycles. The van der Waals surface area contributed by atoms with Crippen LogP contribution in [0.25, 0.3) is 11.1 Å². The molecule has 0 bridgehead atoms. The lowest BCUT2D eigenvalue weighted by Crippen LogP contribution is -2.13. The maximum absolute atomic E-state index is 14.3. The van der Waals surface area contributed by atoms with Crippen LogP contribution in [0.5, 0.6) is 0 Å². The molecule has 0 aromatic heterocycles. The molecule has 0 fully saturated rings. The van der Waals surface area contributed by atoms with E-state index in [9.17, 15) is 9.18 Å². The quantitative estimate of drug-likeness (QED) is 0.665. The van der Waals surface area contributed by atoms with Gasteiger partial charge in [-0.05, 0) is 35.2 Å². The molecule has 0 spiro atoms. The van der Waals surface area contributed by atoms with Crippen molar-refractivity contribution in [1.82, 2.24) is 0 Å². The number of hydrogen-bond acceptors (Lipinski definition) is 2. The van der Waals surface area contributed by atoms with Gasteiger partial charge in [0, 0.05) is 11.6 Å². The number of carbonyl (C=O) groups excluding carboxylic acids is 1. The molecule has 3 heteroatoms. The van der Waals surface area contributed by atoms with Crippen molar-refractivity contribution in [2.75, 3.05) is 5.73 Å². The predicted molar refractivity (Wildman–Crippen MR) is 84.8 cm³/mol. The number of nitrogen functional groups attached to an aromatic ring is 1. The van der Waals surface area contributed by atoms with Crippen LogP contribution in [0.1, 0.15) is 36.7 Å². The lowest BCUT2D eigenvalue weighted by molar-refractivity contribution is 0.0936. The molecule has 21 heavy (non-hydrogen) atoms. The normalized spacial score (nSPS) is 10.9. The van der Waals surface area contributed by atoms with Gasteiger partial charge < -0.3 is 5.73 Å². The first kappa shape index (κ1) is 15.2. The fourth-order valence-corrected chi connectivity index (χ4v) is 2.31. The van der Waals surface area contributed by atoms with E-state index in [0.29, 0.717) is 5.56 Å². The Kier molecular flexibility index (Phi) is 4.41. The smallest absolute Gasteiger partial charge is 0.170 e. The third-order valence-corrected chi connectivity index (χ3v) is 3.56. The standard InChI is InChI=1S/C18H20FNO/c1-4-12-6-5-7-13(8-12)14-9-15(19)17(16(20)10-14)18(21)11(2)3/h5-11H,4,20H2,1-3H3. The maximum Gasteiger partial charge on any atom is 0.170 e. The molecule has 2 aromatic rings. The first-order chi connectivity index (χ1) is 9.93. The molecule has 0 aliphatic heterocycles. The van der Waals surface area contributed by atoms with Gasteiger partial charge in [0.05, 0.1) is 5.56 Å². The second-order valence-electron chi connectivity index (χ2n) is 5.50. The lowest BCUT2D eigenvalue weighted by Gasteiger charge is -2.12. The minimum Gasteiger partial charge on any atom is -0.398 e. The van der Waals surface area contributed by atoms with Gasteiger partial charge >= 0.3 is 0 Å². The number of nitrogens with two attached hydrogens (primary N) is 1. The van der Waals surface area contributed by atoms with E-state index in [-0.39, 0.29) is 23.0 Å². The number of aryl methyl sites for hydroxylation is 1. The predicted octanol–water partition coefficient (Wildman–Crippen LogP) is 4.48. The second kappa shape index (κ2) is 6.08. The van der Waals surface area contributed by atoms with E-state index in [2.05, 4.69) is 6.92 Å². The Morgan fingerprint density at radius 2 is 1.90 bits per heavy atom. The zero-order valence-corrected chi connectivity index (χ0v) is 12.6. The summed E-state index contributed by atoms with van der Waals surface area (Å²) in [5.74, 6) is -1.10. The summed E-state index contributed by atoms with van der Waals surface area (Å²) in [6, 6.07) is 11.0. The highest BCUT2D eigenvalue weighted by molar-refractivity contribution is 6.02. The van der Waals surface area contributed by atoms with E-state index >= 15 is 0 Å². The van der Waals surface area contributed by atoms with Gasteiger partial charge in [0.2, 0.25) is 0 Å². The zero-order chi connectivity index (χ0) is 15.6. The third-order valence-electron chi connectivity index (χ3n) is 3.56. The highest BCUT2D eigenvalue weighted by atomic mass is 19.1. The van der Waals surface area contributed by atoms with Crippen molar-refractivity contribution in [1.29, 1.82) is 0 Å². The van der Waals surface area contributed by atoms with Gasteiger partial charge in [0.15, 0.2) is 5.78 Å². The van der Waals surface area contributed by atoms with Gasteiger partial charge in [-0.25, -0.2) is 4.39 Å². The van der Waals surface area contributed by atoms with Crippen LogP contribution >= 0.6 is 0 Å². The van der Waals surface area contributed by atoms with Gasteiger partial charge in [-0.1, -0.05) is 45.0 Å². The van der Waals surface area contributed by atoms with Crippen molar-refractivity contribution in [3.05, 3.63) is 53.3 Å². The molecule has 0 radical (unpaired) electrons. The minimum atomic E-state index is -0.550. The number of ketones is 1. The summed E-state index contributed by atoms with van der Waals surface area (Å²) < 4.78 is 14.3. The van der Waals surface area contributed by atoms with Crippen molar-refractivity contribution in [2.24, 2.45) is 5.92 Å². The molecule has 0 aliphatic carbocycles. The van der Waals surface area contributed by atoms with Crippen molar-refractivity contribution in [3.63, 3.8) is 0 Å². The zero-order valence-electron chi connectivity index (χ0n) is 12.6. The molecule has 0 heterocycles. The molecular weight excluding hydrogens is 265 g/mol. The molecule has 0 saturated heterocycles. The Morgan fingerprint density at radius 3 is 2.48 bits per heavy atom. The van der Waals surface area contributed by atoms with Crippen LogP contribution in [0, 0.1) is 11.7 Å². The van der Waals surface area contributed by atoms with Crippen molar-refractivity contribution >= 4 is 11.5 Å². The van der Waals surface area contributed by atoms with Crippen molar-refractivity contribution in [3.8, 4) is 11.1 Å². The molecular formula is C18H20FNO. The summed E-state index contributed by atoms with van der Waals surface area (Å²) in [5.41, 5.74) is 8.88. The van der Waals surface area contributed by atoms with Gasteiger partial charge in [-0.15, -0.1) is 0 Å². The molecule has 0 atom stereocenters. The van der Waals surface area contributed by atoms with Crippen LogP contribution < -0.4 is 5.73 Å². The highest BCUT2D eigenvalue weighted by Gasteiger charge is 2.19. The van der Waals surface area contributed by atoms with Gasteiger partial charge in [0.1, 0.15) is 5.82 Å². The van der Waals surface area contributed by atoms with E-state index in [1.165, 1.54) is 11.6 Å². The molecule has 2 rings (SSSR count). The highest BCUT2D eigenvalue weighted by Crippen LogP contribution is 2.28. The summed E-state index contributed by atoms with van der Waals surface area (Å²) in [4.78, 5) is 12.0.